The van der Waals surface area contributed by atoms with Gasteiger partial charge in [-0.1, -0.05) is 32.4 Å². The molecule has 1 amide bonds. The number of rotatable bonds is 2. The lowest BCUT2D eigenvalue weighted by Crippen LogP contribution is -2.13. The van der Waals surface area contributed by atoms with Crippen LogP contribution in [0.3, 0.4) is 0 Å². The Bertz CT molecular complexity index is 643. The van der Waals surface area contributed by atoms with Crippen LogP contribution in [0.15, 0.2) is 24.3 Å². The van der Waals surface area contributed by atoms with Crippen molar-refractivity contribution in [2.24, 2.45) is 0 Å². The van der Waals surface area contributed by atoms with Crippen LogP contribution in [-0.2, 0) is 5.41 Å². The monoisotopic (exact) mass is 292 g/mol. The number of nitrogens with zero attached hydrogens (tertiary/aromatic N) is 1. The molecule has 2 aromatic rings. The molecular weight excluding hydrogens is 276 g/mol. The van der Waals surface area contributed by atoms with Crippen LogP contribution < -0.4 is 11.1 Å². The third-order valence-electron chi connectivity index (χ3n) is 2.89. The number of aromatic amines is 1. The summed E-state index contributed by atoms with van der Waals surface area (Å²) in [5.41, 5.74) is 7.38. The molecule has 0 atom stereocenters. The van der Waals surface area contributed by atoms with Crippen molar-refractivity contribution in [3.05, 3.63) is 40.5 Å². The standard InChI is InChI=1S/C14H17ClN4O/c1-14(2,3)11-7-12(19-18-11)17-13(20)8-4-5-9(15)10(16)6-8/h4-7H,16H2,1-3H3,(H2,17,18,19,20). The summed E-state index contributed by atoms with van der Waals surface area (Å²) in [5, 5.41) is 10.1. The second-order valence-corrected chi connectivity index (χ2v) is 6.01. The van der Waals surface area contributed by atoms with Crippen LogP contribution in [0.1, 0.15) is 36.8 Å². The Kier molecular flexibility index (Phi) is 3.72. The first-order valence-electron chi connectivity index (χ1n) is 6.19. The first-order valence-corrected chi connectivity index (χ1v) is 6.57. The molecule has 0 aliphatic carbocycles. The lowest BCUT2D eigenvalue weighted by molar-refractivity contribution is 0.102. The number of halogens is 1. The number of nitrogens with two attached hydrogens (primary N) is 1. The van der Waals surface area contributed by atoms with Crippen molar-refractivity contribution in [1.82, 2.24) is 10.2 Å². The van der Waals surface area contributed by atoms with Gasteiger partial charge in [0.2, 0.25) is 0 Å². The van der Waals surface area contributed by atoms with E-state index in [4.69, 9.17) is 17.3 Å². The van der Waals surface area contributed by atoms with Gasteiger partial charge in [0.15, 0.2) is 5.82 Å². The van der Waals surface area contributed by atoms with Crippen molar-refractivity contribution < 1.29 is 4.79 Å². The van der Waals surface area contributed by atoms with E-state index in [9.17, 15) is 4.79 Å². The zero-order valence-corrected chi connectivity index (χ0v) is 12.4. The normalized spacial score (nSPS) is 11.4. The molecule has 0 spiro atoms. The van der Waals surface area contributed by atoms with E-state index in [-0.39, 0.29) is 11.3 Å². The number of nitrogens with one attached hydrogen (secondary N) is 2. The Balaban J connectivity index is 2.15. The summed E-state index contributed by atoms with van der Waals surface area (Å²) in [4.78, 5) is 12.1. The van der Waals surface area contributed by atoms with Crippen molar-refractivity contribution in [3.63, 3.8) is 0 Å². The van der Waals surface area contributed by atoms with Crippen LogP contribution in [-0.4, -0.2) is 16.1 Å². The highest BCUT2D eigenvalue weighted by Gasteiger charge is 2.17. The van der Waals surface area contributed by atoms with E-state index in [0.717, 1.165) is 5.69 Å². The molecule has 1 heterocycles. The molecule has 0 bridgehead atoms. The predicted octanol–water partition coefficient (Wildman–Crippen LogP) is 3.20. The number of hydrogen-bond donors (Lipinski definition) is 3. The molecule has 0 saturated heterocycles. The predicted molar refractivity (Wildman–Crippen MR) is 81.1 cm³/mol. The van der Waals surface area contributed by atoms with Gasteiger partial charge in [-0.2, -0.15) is 5.10 Å². The average molecular weight is 293 g/mol. The summed E-state index contributed by atoms with van der Waals surface area (Å²) in [5.74, 6) is 0.203. The Hall–Kier alpha value is -2.01. The van der Waals surface area contributed by atoms with E-state index in [1.54, 1.807) is 12.1 Å². The van der Waals surface area contributed by atoms with Crippen LogP contribution in [0.2, 0.25) is 5.02 Å². The summed E-state index contributed by atoms with van der Waals surface area (Å²) in [6, 6.07) is 6.56. The van der Waals surface area contributed by atoms with E-state index in [1.807, 2.05) is 6.07 Å². The van der Waals surface area contributed by atoms with Crippen LogP contribution in [0, 0.1) is 0 Å². The molecular formula is C14H17ClN4O. The number of carbonyl (C=O) groups excluding carboxylic acids is 1. The quantitative estimate of drug-likeness (QED) is 0.743. The number of nitrogen functional groups attached to an aromatic ring is 1. The summed E-state index contributed by atoms with van der Waals surface area (Å²) in [7, 11) is 0. The van der Waals surface area contributed by atoms with Crippen LogP contribution in [0.25, 0.3) is 0 Å². The van der Waals surface area contributed by atoms with Gasteiger partial charge in [0.05, 0.1) is 10.7 Å². The summed E-state index contributed by atoms with van der Waals surface area (Å²) >= 11 is 5.82. The maximum atomic E-state index is 12.1. The minimum atomic E-state index is -0.277. The Morgan fingerprint density at radius 1 is 1.35 bits per heavy atom. The highest BCUT2D eigenvalue weighted by molar-refractivity contribution is 6.33. The topological polar surface area (TPSA) is 83.8 Å². The lowest BCUT2D eigenvalue weighted by Gasteiger charge is -2.14. The molecule has 6 heteroatoms. The maximum absolute atomic E-state index is 12.1. The molecule has 0 aliphatic rings. The SMILES string of the molecule is CC(C)(C)c1cc(NC(=O)c2ccc(Cl)c(N)c2)n[nH]1. The fraction of sp³-hybridized carbons (Fsp3) is 0.286. The van der Waals surface area contributed by atoms with Gasteiger partial charge in [0.1, 0.15) is 0 Å². The Morgan fingerprint density at radius 3 is 2.60 bits per heavy atom. The second-order valence-electron chi connectivity index (χ2n) is 5.61. The highest BCUT2D eigenvalue weighted by atomic mass is 35.5. The average Bonchev–Trinajstić information content (AvgIpc) is 2.81. The van der Waals surface area contributed by atoms with E-state index < -0.39 is 0 Å². The third-order valence-corrected chi connectivity index (χ3v) is 3.23. The Morgan fingerprint density at radius 2 is 2.05 bits per heavy atom. The van der Waals surface area contributed by atoms with Crippen LogP contribution in [0.4, 0.5) is 11.5 Å². The van der Waals surface area contributed by atoms with E-state index in [0.29, 0.717) is 22.1 Å². The minimum absolute atomic E-state index is 0.0549. The fourth-order valence-electron chi connectivity index (χ4n) is 1.64. The minimum Gasteiger partial charge on any atom is -0.398 e. The molecule has 0 radical (unpaired) electrons. The molecule has 0 unspecified atom stereocenters. The van der Waals surface area contributed by atoms with Gasteiger partial charge >= 0.3 is 0 Å². The smallest absolute Gasteiger partial charge is 0.256 e. The highest BCUT2D eigenvalue weighted by Crippen LogP contribution is 2.23. The fourth-order valence-corrected chi connectivity index (χ4v) is 1.76. The van der Waals surface area contributed by atoms with Crippen molar-refractivity contribution in [2.75, 3.05) is 11.1 Å². The van der Waals surface area contributed by atoms with Gasteiger partial charge in [-0.15, -0.1) is 0 Å². The molecule has 0 aliphatic heterocycles. The molecule has 106 valence electrons. The lowest BCUT2D eigenvalue weighted by atomic mass is 9.92. The van der Waals surface area contributed by atoms with E-state index in [1.165, 1.54) is 6.07 Å². The molecule has 20 heavy (non-hydrogen) atoms. The van der Waals surface area contributed by atoms with Crippen molar-refractivity contribution >= 4 is 29.0 Å². The third kappa shape index (κ3) is 3.11. The first kappa shape index (κ1) is 14.4. The van der Waals surface area contributed by atoms with Crippen molar-refractivity contribution in [3.8, 4) is 0 Å². The maximum Gasteiger partial charge on any atom is 0.256 e. The van der Waals surface area contributed by atoms with Crippen molar-refractivity contribution in [2.45, 2.75) is 26.2 Å². The molecule has 0 saturated carbocycles. The zero-order valence-electron chi connectivity index (χ0n) is 11.6. The first-order chi connectivity index (χ1) is 9.27. The molecule has 1 aromatic heterocycles. The molecule has 5 nitrogen and oxygen atoms in total. The number of aromatic nitrogens is 2. The van der Waals surface area contributed by atoms with Gasteiger partial charge in [-0.3, -0.25) is 9.89 Å². The molecule has 4 N–H and O–H groups in total. The van der Waals surface area contributed by atoms with Gasteiger partial charge in [0, 0.05) is 22.7 Å². The van der Waals surface area contributed by atoms with Gasteiger partial charge in [-0.05, 0) is 18.2 Å². The number of H-pyrrole nitrogens is 1. The summed E-state index contributed by atoms with van der Waals surface area (Å²) < 4.78 is 0. The molecule has 1 aromatic carbocycles. The molecule has 2 rings (SSSR count). The number of anilines is 2. The van der Waals surface area contributed by atoms with Crippen molar-refractivity contribution in [1.29, 1.82) is 0 Å². The van der Waals surface area contributed by atoms with E-state index in [2.05, 4.69) is 36.3 Å². The number of benzene rings is 1. The van der Waals surface area contributed by atoms with E-state index >= 15 is 0 Å². The summed E-state index contributed by atoms with van der Waals surface area (Å²) in [6.45, 7) is 6.18. The van der Waals surface area contributed by atoms with Crippen LogP contribution in [0.5, 0.6) is 0 Å². The second kappa shape index (κ2) is 5.17. The number of hydrogen-bond acceptors (Lipinski definition) is 3. The van der Waals surface area contributed by atoms with Gasteiger partial charge in [0.25, 0.3) is 5.91 Å². The summed E-state index contributed by atoms with van der Waals surface area (Å²) in [6.07, 6.45) is 0. The molecule has 0 fully saturated rings. The zero-order chi connectivity index (χ0) is 14.9. The van der Waals surface area contributed by atoms with Crippen LogP contribution >= 0.6 is 11.6 Å². The largest absolute Gasteiger partial charge is 0.398 e. The number of amides is 1. The van der Waals surface area contributed by atoms with Gasteiger partial charge < -0.3 is 11.1 Å². The Labute approximate surface area is 122 Å². The number of carbonyl (C=O) groups is 1. The van der Waals surface area contributed by atoms with Gasteiger partial charge in [-0.25, -0.2) is 0 Å².